The van der Waals surface area contributed by atoms with Crippen LogP contribution in [-0.4, -0.2) is 59.9 Å². The fraction of sp³-hybridized carbons (Fsp3) is 0.909. The fourth-order valence-electron chi connectivity index (χ4n) is 1.33. The summed E-state index contributed by atoms with van der Waals surface area (Å²) in [7, 11) is 2.06. The van der Waals surface area contributed by atoms with Crippen LogP contribution in [0.15, 0.2) is 0 Å². The Morgan fingerprint density at radius 3 is 2.62 bits per heavy atom. The maximum Gasteiger partial charge on any atom is 0.306 e. The largest absolute Gasteiger partial charge is 0.481 e. The Bertz CT molecular complexity index is 200. The number of aliphatic hydroxyl groups is 1. The van der Waals surface area contributed by atoms with Crippen molar-refractivity contribution < 1.29 is 15.0 Å². The van der Waals surface area contributed by atoms with Crippen molar-refractivity contribution in [2.75, 3.05) is 26.7 Å². The Kier molecular flexibility index (Phi) is 8.15. The summed E-state index contributed by atoms with van der Waals surface area (Å²) in [5, 5.41) is 20.8. The highest BCUT2D eigenvalue weighted by atomic mass is 16.4. The highest BCUT2D eigenvalue weighted by Crippen LogP contribution is 1.98. The van der Waals surface area contributed by atoms with Crippen LogP contribution in [0.25, 0.3) is 0 Å². The average molecular weight is 232 g/mol. The molecule has 0 saturated heterocycles. The highest BCUT2D eigenvalue weighted by molar-refractivity contribution is 5.67. The molecule has 5 nitrogen and oxygen atoms in total. The van der Waals surface area contributed by atoms with Crippen LogP contribution in [-0.2, 0) is 4.79 Å². The van der Waals surface area contributed by atoms with E-state index in [2.05, 4.69) is 31.1 Å². The predicted octanol–water partition coefficient (Wildman–Crippen LogP) is 0.142. The minimum atomic E-state index is -0.967. The van der Waals surface area contributed by atoms with Crippen molar-refractivity contribution in [3.05, 3.63) is 0 Å². The van der Waals surface area contributed by atoms with Gasteiger partial charge in [0.2, 0.25) is 0 Å². The summed E-state index contributed by atoms with van der Waals surface area (Å²) < 4.78 is 0. The first-order valence-electron chi connectivity index (χ1n) is 5.78. The van der Waals surface area contributed by atoms with Gasteiger partial charge in [-0.3, -0.25) is 4.79 Å². The smallest absolute Gasteiger partial charge is 0.306 e. The quantitative estimate of drug-likeness (QED) is 0.493. The molecule has 0 fully saturated rings. The first-order valence-corrected chi connectivity index (χ1v) is 5.78. The van der Waals surface area contributed by atoms with Crippen LogP contribution in [0.1, 0.15) is 26.7 Å². The molecule has 0 amide bonds. The van der Waals surface area contributed by atoms with Gasteiger partial charge in [-0.2, -0.15) is 0 Å². The maximum atomic E-state index is 10.3. The fourth-order valence-corrected chi connectivity index (χ4v) is 1.33. The Hall–Kier alpha value is -0.650. The molecular weight excluding hydrogens is 208 g/mol. The number of hydrogen-bond donors (Lipinski definition) is 3. The van der Waals surface area contributed by atoms with Crippen molar-refractivity contribution >= 4 is 5.97 Å². The molecular formula is C11H24N2O3. The van der Waals surface area contributed by atoms with E-state index in [0.717, 1.165) is 19.5 Å². The van der Waals surface area contributed by atoms with E-state index in [1.54, 1.807) is 0 Å². The van der Waals surface area contributed by atoms with Crippen LogP contribution in [0.3, 0.4) is 0 Å². The van der Waals surface area contributed by atoms with Gasteiger partial charge in [-0.25, -0.2) is 0 Å². The second-order valence-electron chi connectivity index (χ2n) is 4.19. The topological polar surface area (TPSA) is 72.8 Å². The molecule has 0 aliphatic heterocycles. The van der Waals surface area contributed by atoms with E-state index in [4.69, 9.17) is 5.11 Å². The lowest BCUT2D eigenvalue weighted by Crippen LogP contribution is -2.37. The molecule has 0 heterocycles. The highest BCUT2D eigenvalue weighted by Gasteiger charge is 2.09. The molecule has 0 bridgehead atoms. The molecule has 0 saturated carbocycles. The Morgan fingerprint density at radius 1 is 1.50 bits per heavy atom. The minimum Gasteiger partial charge on any atom is -0.481 e. The number of rotatable bonds is 9. The van der Waals surface area contributed by atoms with E-state index in [9.17, 15) is 9.90 Å². The summed E-state index contributed by atoms with van der Waals surface area (Å²) >= 11 is 0. The molecule has 0 aliphatic carbocycles. The van der Waals surface area contributed by atoms with E-state index >= 15 is 0 Å². The molecule has 0 aromatic carbocycles. The number of carboxylic acid groups (broad SMARTS) is 1. The molecule has 0 aliphatic rings. The number of aliphatic carboxylic acids is 1. The number of aliphatic hydroxyl groups excluding tert-OH is 1. The minimum absolute atomic E-state index is 0.200. The molecule has 0 aromatic heterocycles. The van der Waals surface area contributed by atoms with Crippen molar-refractivity contribution in [1.82, 2.24) is 10.2 Å². The van der Waals surface area contributed by atoms with Crippen LogP contribution in [0.4, 0.5) is 0 Å². The van der Waals surface area contributed by atoms with Gasteiger partial charge in [-0.05, 0) is 20.4 Å². The van der Waals surface area contributed by atoms with Crippen molar-refractivity contribution in [2.24, 2.45) is 0 Å². The van der Waals surface area contributed by atoms with Crippen LogP contribution in [0.5, 0.6) is 0 Å². The van der Waals surface area contributed by atoms with Gasteiger partial charge in [0, 0.05) is 25.7 Å². The zero-order chi connectivity index (χ0) is 12.6. The average Bonchev–Trinajstić information content (AvgIpc) is 2.21. The second kappa shape index (κ2) is 8.50. The van der Waals surface area contributed by atoms with E-state index in [0.29, 0.717) is 12.6 Å². The van der Waals surface area contributed by atoms with Crippen LogP contribution < -0.4 is 5.32 Å². The van der Waals surface area contributed by atoms with E-state index in [1.165, 1.54) is 0 Å². The molecule has 96 valence electrons. The number of likely N-dealkylation sites (N-methyl/N-ethyl adjacent to an activating group) is 1. The summed E-state index contributed by atoms with van der Waals surface area (Å²) in [5.74, 6) is -0.967. The second-order valence-corrected chi connectivity index (χ2v) is 4.19. The maximum absolute atomic E-state index is 10.3. The van der Waals surface area contributed by atoms with Gasteiger partial charge in [0.05, 0.1) is 12.5 Å². The Balaban J connectivity index is 3.49. The third-order valence-corrected chi connectivity index (χ3v) is 2.77. The SMILES string of the molecule is CCC(C)N(C)CCNCC(O)CC(=O)O. The van der Waals surface area contributed by atoms with Gasteiger partial charge in [0.15, 0.2) is 0 Å². The third kappa shape index (κ3) is 7.62. The zero-order valence-electron chi connectivity index (χ0n) is 10.4. The lowest BCUT2D eigenvalue weighted by atomic mass is 10.2. The van der Waals surface area contributed by atoms with E-state index in [1.807, 2.05) is 0 Å². The zero-order valence-corrected chi connectivity index (χ0v) is 10.4. The third-order valence-electron chi connectivity index (χ3n) is 2.77. The first-order chi connectivity index (χ1) is 7.47. The van der Waals surface area contributed by atoms with Gasteiger partial charge >= 0.3 is 5.97 Å². The van der Waals surface area contributed by atoms with Gasteiger partial charge in [-0.1, -0.05) is 6.92 Å². The molecule has 0 aromatic rings. The van der Waals surface area contributed by atoms with Crippen molar-refractivity contribution in [1.29, 1.82) is 0 Å². The van der Waals surface area contributed by atoms with Gasteiger partial charge in [-0.15, -0.1) is 0 Å². The monoisotopic (exact) mass is 232 g/mol. The number of nitrogens with one attached hydrogen (secondary N) is 1. The summed E-state index contributed by atoms with van der Waals surface area (Å²) in [6.07, 6.45) is 0.109. The summed E-state index contributed by atoms with van der Waals surface area (Å²) in [6, 6.07) is 0.547. The summed E-state index contributed by atoms with van der Waals surface area (Å²) in [4.78, 5) is 12.5. The van der Waals surface area contributed by atoms with Crippen molar-refractivity contribution in [3.63, 3.8) is 0 Å². The van der Waals surface area contributed by atoms with Crippen molar-refractivity contribution in [3.8, 4) is 0 Å². The molecule has 0 rings (SSSR count). The molecule has 3 N–H and O–H groups in total. The standard InChI is InChI=1S/C11H24N2O3/c1-4-9(2)13(3)6-5-12-8-10(14)7-11(15)16/h9-10,12,14H,4-8H2,1-3H3,(H,15,16). The van der Waals surface area contributed by atoms with Crippen LogP contribution in [0, 0.1) is 0 Å². The van der Waals surface area contributed by atoms with Gasteiger partial charge in [0.1, 0.15) is 0 Å². The van der Waals surface area contributed by atoms with Crippen LogP contribution in [0.2, 0.25) is 0 Å². The van der Waals surface area contributed by atoms with Crippen LogP contribution >= 0.6 is 0 Å². The molecule has 0 radical (unpaired) electrons. The molecule has 5 heteroatoms. The lowest BCUT2D eigenvalue weighted by Gasteiger charge is -2.23. The number of carbonyl (C=O) groups is 1. The summed E-state index contributed by atoms with van der Waals surface area (Å²) in [6.45, 7) is 6.30. The Labute approximate surface area is 97.4 Å². The van der Waals surface area contributed by atoms with Crippen molar-refractivity contribution in [2.45, 2.75) is 38.8 Å². The molecule has 0 spiro atoms. The molecule has 2 atom stereocenters. The van der Waals surface area contributed by atoms with Gasteiger partial charge < -0.3 is 20.4 Å². The van der Waals surface area contributed by atoms with E-state index in [-0.39, 0.29) is 6.42 Å². The Morgan fingerprint density at radius 2 is 2.12 bits per heavy atom. The summed E-state index contributed by atoms with van der Waals surface area (Å²) in [5.41, 5.74) is 0. The number of carboxylic acids is 1. The predicted molar refractivity (Wildman–Crippen MR) is 63.5 cm³/mol. The van der Waals surface area contributed by atoms with Gasteiger partial charge in [0.25, 0.3) is 0 Å². The molecule has 16 heavy (non-hydrogen) atoms. The van der Waals surface area contributed by atoms with E-state index < -0.39 is 12.1 Å². The molecule has 2 unspecified atom stereocenters. The lowest BCUT2D eigenvalue weighted by molar-refractivity contribution is -0.139. The number of nitrogens with zero attached hydrogens (tertiary/aromatic N) is 1. The number of hydrogen-bond acceptors (Lipinski definition) is 4. The normalized spacial score (nSPS) is 15.1. The first kappa shape index (κ1) is 15.3.